The van der Waals surface area contributed by atoms with E-state index < -0.39 is 29.9 Å². The van der Waals surface area contributed by atoms with E-state index in [-0.39, 0.29) is 17.4 Å². The van der Waals surface area contributed by atoms with Gasteiger partial charge in [-0.05, 0) is 37.0 Å². The van der Waals surface area contributed by atoms with Crippen molar-refractivity contribution in [3.8, 4) is 0 Å². The molecule has 7 heteroatoms. The average molecular weight is 325 g/mol. The summed E-state index contributed by atoms with van der Waals surface area (Å²) >= 11 is 0. The fraction of sp³-hybridized carbons (Fsp3) is 0.812. The van der Waals surface area contributed by atoms with Crippen molar-refractivity contribution in [2.24, 2.45) is 17.1 Å². The summed E-state index contributed by atoms with van der Waals surface area (Å²) in [5, 5.41) is 14.4. The van der Waals surface area contributed by atoms with Gasteiger partial charge in [0.2, 0.25) is 11.8 Å². The highest BCUT2D eigenvalue weighted by Crippen LogP contribution is 2.42. The fourth-order valence-corrected chi connectivity index (χ4v) is 2.89. The zero-order valence-electron chi connectivity index (χ0n) is 14.0. The van der Waals surface area contributed by atoms with Gasteiger partial charge in [0.15, 0.2) is 0 Å². The van der Waals surface area contributed by atoms with Crippen molar-refractivity contribution < 1.29 is 19.5 Å². The molecule has 0 saturated heterocycles. The first-order valence-electron chi connectivity index (χ1n) is 8.15. The topological polar surface area (TPSA) is 122 Å². The Labute approximate surface area is 136 Å². The Kier molecular flexibility index (Phi) is 4.71. The van der Waals surface area contributed by atoms with Crippen molar-refractivity contribution in [2.45, 2.75) is 70.5 Å². The molecule has 2 aliphatic rings. The maximum atomic E-state index is 12.6. The SMILES string of the molecule is CC(C)(C)C(NC(=O)C1(NC(=O)[C@@H](N)CC(=O)O)CC1)C1CC1. The summed E-state index contributed by atoms with van der Waals surface area (Å²) in [7, 11) is 0. The number of aliphatic carboxylic acids is 1. The summed E-state index contributed by atoms with van der Waals surface area (Å²) in [5.74, 6) is -1.40. The zero-order chi connectivity index (χ0) is 17.4. The monoisotopic (exact) mass is 325 g/mol. The number of carbonyl (C=O) groups is 3. The fourth-order valence-electron chi connectivity index (χ4n) is 2.89. The molecule has 0 aromatic rings. The van der Waals surface area contributed by atoms with Gasteiger partial charge in [-0.3, -0.25) is 14.4 Å². The Balaban J connectivity index is 1.95. The van der Waals surface area contributed by atoms with Crippen molar-refractivity contribution in [3.05, 3.63) is 0 Å². The van der Waals surface area contributed by atoms with Gasteiger partial charge in [-0.15, -0.1) is 0 Å². The predicted molar refractivity (Wildman–Crippen MR) is 84.4 cm³/mol. The van der Waals surface area contributed by atoms with Crippen LogP contribution in [0.4, 0.5) is 0 Å². The highest BCUT2D eigenvalue weighted by atomic mass is 16.4. The maximum Gasteiger partial charge on any atom is 0.305 e. The van der Waals surface area contributed by atoms with E-state index in [9.17, 15) is 14.4 Å². The summed E-state index contributed by atoms with van der Waals surface area (Å²) in [6.07, 6.45) is 2.91. The summed E-state index contributed by atoms with van der Waals surface area (Å²) < 4.78 is 0. The molecule has 2 rings (SSSR count). The van der Waals surface area contributed by atoms with Gasteiger partial charge in [0.25, 0.3) is 0 Å². The second-order valence-corrected chi connectivity index (χ2v) is 7.93. The Bertz CT molecular complexity index is 504. The van der Waals surface area contributed by atoms with Crippen LogP contribution in [0.2, 0.25) is 0 Å². The van der Waals surface area contributed by atoms with Gasteiger partial charge in [-0.1, -0.05) is 20.8 Å². The lowest BCUT2D eigenvalue weighted by Crippen LogP contribution is -2.57. The highest BCUT2D eigenvalue weighted by molar-refractivity contribution is 5.96. The highest BCUT2D eigenvalue weighted by Gasteiger charge is 2.53. The average Bonchev–Trinajstić information content (AvgIpc) is 3.28. The van der Waals surface area contributed by atoms with Crippen LogP contribution in [0.5, 0.6) is 0 Å². The van der Waals surface area contributed by atoms with E-state index in [0.29, 0.717) is 18.8 Å². The first-order chi connectivity index (χ1) is 10.5. The Morgan fingerprint density at radius 2 is 1.83 bits per heavy atom. The second kappa shape index (κ2) is 6.11. The van der Waals surface area contributed by atoms with Gasteiger partial charge < -0.3 is 21.5 Å². The van der Waals surface area contributed by atoms with Crippen molar-refractivity contribution in [1.82, 2.24) is 10.6 Å². The number of hydrogen-bond donors (Lipinski definition) is 4. The number of hydrogen-bond acceptors (Lipinski definition) is 4. The van der Waals surface area contributed by atoms with Gasteiger partial charge in [0, 0.05) is 6.04 Å². The number of carboxylic acid groups (broad SMARTS) is 1. The van der Waals surface area contributed by atoms with E-state index in [1.165, 1.54) is 0 Å². The molecule has 130 valence electrons. The molecule has 2 atom stereocenters. The van der Waals surface area contributed by atoms with E-state index in [4.69, 9.17) is 10.8 Å². The number of amides is 2. The van der Waals surface area contributed by atoms with Crippen molar-refractivity contribution in [1.29, 1.82) is 0 Å². The van der Waals surface area contributed by atoms with Gasteiger partial charge in [0.05, 0.1) is 12.5 Å². The lowest BCUT2D eigenvalue weighted by molar-refractivity contribution is -0.139. The Hall–Kier alpha value is -1.63. The van der Waals surface area contributed by atoms with Crippen LogP contribution in [0.15, 0.2) is 0 Å². The summed E-state index contributed by atoms with van der Waals surface area (Å²) in [6, 6.07) is -1.06. The molecule has 1 unspecified atom stereocenters. The van der Waals surface area contributed by atoms with Crippen LogP contribution in [-0.2, 0) is 14.4 Å². The van der Waals surface area contributed by atoms with Crippen LogP contribution < -0.4 is 16.4 Å². The van der Waals surface area contributed by atoms with Crippen molar-refractivity contribution in [2.75, 3.05) is 0 Å². The molecule has 7 nitrogen and oxygen atoms in total. The van der Waals surface area contributed by atoms with Crippen LogP contribution in [0, 0.1) is 11.3 Å². The third-order valence-electron chi connectivity index (χ3n) is 4.59. The van der Waals surface area contributed by atoms with Crippen molar-refractivity contribution in [3.63, 3.8) is 0 Å². The molecule has 23 heavy (non-hydrogen) atoms. The third kappa shape index (κ3) is 4.43. The molecule has 0 aromatic heterocycles. The molecule has 0 heterocycles. The standard InChI is InChI=1S/C16H27N3O4/c1-15(2,3)12(9-4-5-9)18-14(23)16(6-7-16)19-13(22)10(17)8-11(20)21/h9-10,12H,4-8,17H2,1-3H3,(H,18,23)(H,19,22)(H,20,21)/t10-,12?/m0/s1. The molecule has 2 amide bonds. The van der Waals surface area contributed by atoms with Crippen molar-refractivity contribution >= 4 is 17.8 Å². The number of rotatable bonds is 7. The Morgan fingerprint density at radius 1 is 1.26 bits per heavy atom. The Morgan fingerprint density at radius 3 is 2.22 bits per heavy atom. The normalized spacial score (nSPS) is 21.9. The molecule has 0 aromatic carbocycles. The van der Waals surface area contributed by atoms with Gasteiger partial charge in [-0.25, -0.2) is 0 Å². The van der Waals surface area contributed by atoms with Crippen LogP contribution in [-0.4, -0.2) is 40.5 Å². The van der Waals surface area contributed by atoms with E-state index in [0.717, 1.165) is 12.8 Å². The van der Waals surface area contributed by atoms with Crippen LogP contribution in [0.3, 0.4) is 0 Å². The van der Waals surface area contributed by atoms with Gasteiger partial charge in [0.1, 0.15) is 5.54 Å². The van der Waals surface area contributed by atoms with E-state index >= 15 is 0 Å². The van der Waals surface area contributed by atoms with E-state index in [1.54, 1.807) is 0 Å². The predicted octanol–water partition coefficient (Wildman–Crippen LogP) is 0.378. The molecule has 5 N–H and O–H groups in total. The molecular formula is C16H27N3O4. The summed E-state index contributed by atoms with van der Waals surface area (Å²) in [6.45, 7) is 6.28. The van der Waals surface area contributed by atoms with Crippen LogP contribution in [0.1, 0.15) is 52.9 Å². The first kappa shape index (κ1) is 17.7. The van der Waals surface area contributed by atoms with Crippen LogP contribution >= 0.6 is 0 Å². The number of nitrogens with two attached hydrogens (primary N) is 1. The third-order valence-corrected chi connectivity index (χ3v) is 4.59. The smallest absolute Gasteiger partial charge is 0.305 e. The molecule has 0 spiro atoms. The lowest BCUT2D eigenvalue weighted by Gasteiger charge is -2.33. The molecule has 0 bridgehead atoms. The van der Waals surface area contributed by atoms with Crippen LogP contribution in [0.25, 0.3) is 0 Å². The minimum absolute atomic E-state index is 0.0450. The number of carboxylic acids is 1. The quantitative estimate of drug-likeness (QED) is 0.539. The summed E-state index contributed by atoms with van der Waals surface area (Å²) in [4.78, 5) is 35.2. The molecule has 2 saturated carbocycles. The molecule has 2 fully saturated rings. The number of carbonyl (C=O) groups excluding carboxylic acids is 2. The minimum Gasteiger partial charge on any atom is -0.481 e. The molecular weight excluding hydrogens is 298 g/mol. The minimum atomic E-state index is -1.14. The number of nitrogens with one attached hydrogen (secondary N) is 2. The zero-order valence-corrected chi connectivity index (χ0v) is 14.0. The lowest BCUT2D eigenvalue weighted by atomic mass is 9.83. The largest absolute Gasteiger partial charge is 0.481 e. The van der Waals surface area contributed by atoms with Gasteiger partial charge >= 0.3 is 5.97 Å². The first-order valence-corrected chi connectivity index (χ1v) is 8.15. The van der Waals surface area contributed by atoms with Gasteiger partial charge in [-0.2, -0.15) is 0 Å². The molecule has 0 radical (unpaired) electrons. The molecule has 0 aliphatic heterocycles. The van der Waals surface area contributed by atoms with E-state index in [2.05, 4.69) is 31.4 Å². The summed E-state index contributed by atoms with van der Waals surface area (Å²) in [5.41, 5.74) is 4.60. The van der Waals surface area contributed by atoms with E-state index in [1.807, 2.05) is 0 Å². The molecule has 2 aliphatic carbocycles. The maximum absolute atomic E-state index is 12.6. The second-order valence-electron chi connectivity index (χ2n) is 7.93.